The van der Waals surface area contributed by atoms with Crippen molar-refractivity contribution in [1.82, 2.24) is 20.9 Å². The Labute approximate surface area is 195 Å². The summed E-state index contributed by atoms with van der Waals surface area (Å²) >= 11 is 0. The fourth-order valence-electron chi connectivity index (χ4n) is 3.90. The van der Waals surface area contributed by atoms with Crippen LogP contribution in [-0.2, 0) is 24.0 Å². The molecule has 5 amide bonds. The van der Waals surface area contributed by atoms with Crippen LogP contribution in [0.2, 0.25) is 0 Å². The van der Waals surface area contributed by atoms with Gasteiger partial charge in [0.1, 0.15) is 24.2 Å². The first kappa shape index (κ1) is 28.3. The number of nitrogens with zero attached hydrogens (tertiary/aromatic N) is 1. The summed E-state index contributed by atoms with van der Waals surface area (Å²) in [5.41, 5.74) is 5.24. The lowest BCUT2D eigenvalue weighted by molar-refractivity contribution is -0.142. The summed E-state index contributed by atoms with van der Waals surface area (Å²) in [6, 6.07) is -3.81. The lowest BCUT2D eigenvalue weighted by Crippen LogP contribution is -2.60. The number of nitrogens with two attached hydrogens (primary N) is 1. The van der Waals surface area contributed by atoms with Crippen LogP contribution in [0.5, 0.6) is 0 Å². The molecule has 1 fully saturated rings. The van der Waals surface area contributed by atoms with E-state index in [4.69, 9.17) is 5.73 Å². The van der Waals surface area contributed by atoms with Crippen LogP contribution in [0.1, 0.15) is 60.8 Å². The third-order valence-corrected chi connectivity index (χ3v) is 5.55. The van der Waals surface area contributed by atoms with Crippen molar-refractivity contribution >= 4 is 29.5 Å². The maximum Gasteiger partial charge on any atom is 0.245 e. The zero-order chi connectivity index (χ0) is 25.5. The van der Waals surface area contributed by atoms with E-state index in [-0.39, 0.29) is 23.7 Å². The molecule has 1 rings (SSSR count). The van der Waals surface area contributed by atoms with E-state index in [9.17, 15) is 29.1 Å². The Morgan fingerprint density at radius 3 is 2.06 bits per heavy atom. The molecule has 0 aliphatic carbocycles. The van der Waals surface area contributed by atoms with Crippen LogP contribution >= 0.6 is 0 Å². The Bertz CT molecular complexity index is 739. The summed E-state index contributed by atoms with van der Waals surface area (Å²) in [5, 5.41) is 17.4. The van der Waals surface area contributed by atoms with E-state index < -0.39 is 48.0 Å². The number of rotatable bonds is 11. The zero-order valence-electron chi connectivity index (χ0n) is 20.4. The van der Waals surface area contributed by atoms with Gasteiger partial charge in [0.15, 0.2) is 0 Å². The summed E-state index contributed by atoms with van der Waals surface area (Å²) in [7, 11) is 0. The van der Waals surface area contributed by atoms with Gasteiger partial charge in [0.25, 0.3) is 0 Å². The van der Waals surface area contributed by atoms with E-state index in [0.29, 0.717) is 25.8 Å². The minimum absolute atomic E-state index is 0.154. The highest BCUT2D eigenvalue weighted by Crippen LogP contribution is 2.21. The number of hydrogen-bond donors (Lipinski definition) is 5. The van der Waals surface area contributed by atoms with Gasteiger partial charge in [-0.1, -0.05) is 27.7 Å². The molecular weight excluding hydrogens is 430 g/mol. The first-order valence-electron chi connectivity index (χ1n) is 11.4. The molecule has 33 heavy (non-hydrogen) atoms. The van der Waals surface area contributed by atoms with Crippen molar-refractivity contribution in [2.45, 2.75) is 91.1 Å². The van der Waals surface area contributed by atoms with E-state index in [1.165, 1.54) is 18.7 Å². The molecule has 1 saturated heterocycles. The minimum atomic E-state index is -1.30. The number of primary amides is 1. The summed E-state index contributed by atoms with van der Waals surface area (Å²) in [6.45, 7) is 10.4. The zero-order valence-corrected chi connectivity index (χ0v) is 20.4. The van der Waals surface area contributed by atoms with Crippen molar-refractivity contribution < 1.29 is 29.1 Å². The van der Waals surface area contributed by atoms with Crippen LogP contribution in [-0.4, -0.2) is 76.4 Å². The van der Waals surface area contributed by atoms with Crippen molar-refractivity contribution in [3.8, 4) is 0 Å². The van der Waals surface area contributed by atoms with Gasteiger partial charge >= 0.3 is 0 Å². The topological polar surface area (TPSA) is 171 Å². The number of likely N-dealkylation sites (tertiary alicyclic amines) is 1. The second kappa shape index (κ2) is 12.5. The van der Waals surface area contributed by atoms with Crippen LogP contribution in [0.25, 0.3) is 0 Å². The Hall–Kier alpha value is -2.69. The van der Waals surface area contributed by atoms with E-state index in [1.807, 2.05) is 13.8 Å². The third-order valence-electron chi connectivity index (χ3n) is 5.55. The summed E-state index contributed by atoms with van der Waals surface area (Å²) in [4.78, 5) is 63.6. The Morgan fingerprint density at radius 1 is 1.00 bits per heavy atom. The average molecular weight is 470 g/mol. The van der Waals surface area contributed by atoms with Gasteiger partial charge < -0.3 is 31.7 Å². The monoisotopic (exact) mass is 469 g/mol. The average Bonchev–Trinajstić information content (AvgIpc) is 3.17. The number of aliphatic hydroxyl groups is 1. The third kappa shape index (κ3) is 8.30. The van der Waals surface area contributed by atoms with E-state index in [0.717, 1.165) is 0 Å². The van der Waals surface area contributed by atoms with Gasteiger partial charge in [-0.25, -0.2) is 0 Å². The molecule has 1 aliphatic rings. The molecule has 0 spiro atoms. The Kier molecular flexibility index (Phi) is 10.8. The van der Waals surface area contributed by atoms with Crippen molar-refractivity contribution in [1.29, 1.82) is 0 Å². The SMILES string of the molecule is CC(=O)N[C@@H](CC(C)C)C(=O)N1CCC[C@H]1C(=O)N[C@H](C(=O)N[C@H](C(N)=O)[C@@H](C)O)C(C)C. The van der Waals surface area contributed by atoms with Gasteiger partial charge in [0, 0.05) is 13.5 Å². The molecule has 0 aromatic rings. The van der Waals surface area contributed by atoms with Crippen molar-refractivity contribution in [2.24, 2.45) is 17.6 Å². The molecule has 188 valence electrons. The summed E-state index contributed by atoms with van der Waals surface area (Å²) in [5.74, 6) is -2.88. The highest BCUT2D eigenvalue weighted by molar-refractivity contribution is 5.95. The lowest BCUT2D eigenvalue weighted by atomic mass is 10.0. The first-order valence-corrected chi connectivity index (χ1v) is 11.4. The smallest absolute Gasteiger partial charge is 0.245 e. The molecule has 0 aromatic heterocycles. The number of carbonyl (C=O) groups excluding carboxylic acids is 5. The predicted octanol–water partition coefficient (Wildman–Crippen LogP) is -0.980. The van der Waals surface area contributed by atoms with Gasteiger partial charge in [0.05, 0.1) is 6.10 Å². The molecule has 0 saturated carbocycles. The fourth-order valence-corrected chi connectivity index (χ4v) is 3.90. The molecule has 1 aliphatic heterocycles. The Balaban J connectivity index is 2.98. The normalized spacial score (nSPS) is 19.5. The lowest BCUT2D eigenvalue weighted by Gasteiger charge is -2.31. The van der Waals surface area contributed by atoms with Crippen molar-refractivity contribution in [3.05, 3.63) is 0 Å². The first-order chi connectivity index (χ1) is 15.3. The molecule has 5 atom stereocenters. The van der Waals surface area contributed by atoms with E-state index >= 15 is 0 Å². The molecular formula is C22H39N5O6. The van der Waals surface area contributed by atoms with Gasteiger partial charge in [-0.05, 0) is 38.0 Å². The molecule has 1 heterocycles. The van der Waals surface area contributed by atoms with Crippen LogP contribution in [0.4, 0.5) is 0 Å². The van der Waals surface area contributed by atoms with Crippen LogP contribution in [0, 0.1) is 11.8 Å². The molecule has 11 nitrogen and oxygen atoms in total. The van der Waals surface area contributed by atoms with E-state index in [1.54, 1.807) is 13.8 Å². The van der Waals surface area contributed by atoms with Crippen LogP contribution in [0.3, 0.4) is 0 Å². The van der Waals surface area contributed by atoms with Gasteiger partial charge in [-0.15, -0.1) is 0 Å². The largest absolute Gasteiger partial charge is 0.391 e. The fraction of sp³-hybridized carbons (Fsp3) is 0.773. The standard InChI is InChI=1S/C22H39N5O6/c1-11(2)10-15(24-14(6)29)22(33)27-9-7-8-16(27)20(31)25-17(12(3)4)21(32)26-18(13(5)28)19(23)30/h11-13,15-18,28H,7-10H2,1-6H3,(H2,23,30)(H,24,29)(H,25,31)(H,26,32)/t13-,15+,16+,17+,18+/m1/s1. The number of amides is 5. The van der Waals surface area contributed by atoms with Gasteiger partial charge in [-0.3, -0.25) is 24.0 Å². The molecule has 0 unspecified atom stereocenters. The highest BCUT2D eigenvalue weighted by Gasteiger charge is 2.39. The van der Waals surface area contributed by atoms with Crippen LogP contribution in [0.15, 0.2) is 0 Å². The number of hydrogen-bond acceptors (Lipinski definition) is 6. The minimum Gasteiger partial charge on any atom is -0.391 e. The number of carbonyl (C=O) groups is 5. The maximum atomic E-state index is 13.2. The maximum absolute atomic E-state index is 13.2. The molecule has 11 heteroatoms. The summed E-state index contributed by atoms with van der Waals surface area (Å²) in [6.07, 6.45) is 0.275. The van der Waals surface area contributed by atoms with Gasteiger partial charge in [-0.2, -0.15) is 0 Å². The molecule has 0 bridgehead atoms. The van der Waals surface area contributed by atoms with Crippen molar-refractivity contribution in [2.75, 3.05) is 6.54 Å². The molecule has 0 radical (unpaired) electrons. The molecule has 0 aromatic carbocycles. The van der Waals surface area contributed by atoms with E-state index in [2.05, 4.69) is 16.0 Å². The second-order valence-corrected chi connectivity index (χ2v) is 9.43. The quantitative estimate of drug-likeness (QED) is 0.260. The van der Waals surface area contributed by atoms with Crippen LogP contribution < -0.4 is 21.7 Å². The highest BCUT2D eigenvalue weighted by atomic mass is 16.3. The predicted molar refractivity (Wildman–Crippen MR) is 121 cm³/mol. The van der Waals surface area contributed by atoms with Gasteiger partial charge in [0.2, 0.25) is 29.5 Å². The second-order valence-electron chi connectivity index (χ2n) is 9.43. The molecule has 6 N–H and O–H groups in total. The number of nitrogens with one attached hydrogen (secondary N) is 3. The number of aliphatic hydroxyl groups excluding tert-OH is 1. The van der Waals surface area contributed by atoms with Crippen molar-refractivity contribution in [3.63, 3.8) is 0 Å². The summed E-state index contributed by atoms with van der Waals surface area (Å²) < 4.78 is 0. The Morgan fingerprint density at radius 2 is 1.61 bits per heavy atom.